The van der Waals surface area contributed by atoms with E-state index in [1.54, 1.807) is 0 Å². The van der Waals surface area contributed by atoms with E-state index >= 15 is 0 Å². The smallest absolute Gasteiger partial charge is 0.240 e. The van der Waals surface area contributed by atoms with Gasteiger partial charge in [-0.25, -0.2) is 0 Å². The van der Waals surface area contributed by atoms with Crippen LogP contribution >= 0.6 is 12.2 Å². The molecule has 1 amide bonds. The van der Waals surface area contributed by atoms with Crippen molar-refractivity contribution in [3.8, 4) is 0 Å². The van der Waals surface area contributed by atoms with Crippen molar-refractivity contribution in [3.63, 3.8) is 0 Å². The topological polar surface area (TPSA) is 63.8 Å². The van der Waals surface area contributed by atoms with Crippen molar-refractivity contribution in [2.24, 2.45) is 11.7 Å². The maximum Gasteiger partial charge on any atom is 0.240 e. The Kier molecular flexibility index (Phi) is 3.91. The third kappa shape index (κ3) is 2.35. The van der Waals surface area contributed by atoms with Crippen LogP contribution in [0.4, 0.5) is 0 Å². The van der Waals surface area contributed by atoms with E-state index in [4.69, 9.17) is 18.0 Å². The minimum atomic E-state index is -0.379. The molecule has 0 fully saturated rings. The number of nitrogens with one attached hydrogen (secondary N) is 1. The average molecular weight is 241 g/mol. The van der Waals surface area contributed by atoms with Gasteiger partial charge in [-0.1, -0.05) is 27.7 Å². The van der Waals surface area contributed by atoms with Gasteiger partial charge in [0.2, 0.25) is 5.91 Å². The molecule has 16 heavy (non-hydrogen) atoms. The highest BCUT2D eigenvalue weighted by molar-refractivity contribution is 7.71. The number of nitrogens with zero attached hydrogens (tertiary/aromatic N) is 1. The Bertz CT molecular complexity index is 431. The van der Waals surface area contributed by atoms with Crippen LogP contribution in [0.3, 0.4) is 0 Å². The number of hydrogen-bond donors (Lipinski definition) is 2. The molecule has 1 rings (SSSR count). The van der Waals surface area contributed by atoms with Crippen LogP contribution in [0, 0.1) is 10.7 Å². The zero-order valence-corrected chi connectivity index (χ0v) is 11.0. The number of nitrogens with two attached hydrogens (primary N) is 1. The number of rotatable bonds is 4. The molecule has 1 aromatic rings. The number of amides is 1. The maximum atomic E-state index is 11.5. The first-order valence-corrected chi connectivity index (χ1v) is 5.86. The Labute approximate surface area is 101 Å². The van der Waals surface area contributed by atoms with Crippen molar-refractivity contribution >= 4 is 18.1 Å². The van der Waals surface area contributed by atoms with E-state index in [0.29, 0.717) is 10.7 Å². The van der Waals surface area contributed by atoms with Crippen LogP contribution < -0.4 is 5.73 Å². The molecule has 1 heterocycles. The number of hydrogen-bond acceptors (Lipinski definition) is 2. The van der Waals surface area contributed by atoms with Crippen molar-refractivity contribution < 1.29 is 4.79 Å². The van der Waals surface area contributed by atoms with Crippen LogP contribution in [0.15, 0.2) is 6.20 Å². The molecule has 3 N–H and O–H groups in total. The van der Waals surface area contributed by atoms with Gasteiger partial charge in [0.05, 0.1) is 0 Å². The van der Waals surface area contributed by atoms with Crippen molar-refractivity contribution in [2.75, 3.05) is 0 Å². The Morgan fingerprint density at radius 3 is 2.38 bits per heavy atom. The standard InChI is InChI=1S/C11H19N3OS/c1-6(2)8-5-13-11(16)14(8)9(7(3)4)10(12)15/h5-7,9H,1-4H3,(H2,12,15)(H,13,16). The highest BCUT2D eigenvalue weighted by Crippen LogP contribution is 2.24. The minimum Gasteiger partial charge on any atom is -0.368 e. The lowest BCUT2D eigenvalue weighted by molar-refractivity contribution is -0.122. The molecule has 1 unspecified atom stereocenters. The van der Waals surface area contributed by atoms with Crippen LogP contribution in [-0.4, -0.2) is 15.5 Å². The van der Waals surface area contributed by atoms with Crippen LogP contribution in [0.2, 0.25) is 0 Å². The molecule has 4 nitrogen and oxygen atoms in total. The van der Waals surface area contributed by atoms with Crippen molar-refractivity contribution in [1.82, 2.24) is 9.55 Å². The summed E-state index contributed by atoms with van der Waals surface area (Å²) < 4.78 is 2.40. The summed E-state index contributed by atoms with van der Waals surface area (Å²) in [5.74, 6) is 0.0821. The molecule has 0 bridgehead atoms. The van der Waals surface area contributed by atoms with Gasteiger partial charge in [0, 0.05) is 11.9 Å². The first-order chi connectivity index (χ1) is 7.36. The number of primary amides is 1. The SMILES string of the molecule is CC(C)c1c[nH]c(=S)n1C(C(N)=O)C(C)C. The molecule has 90 valence electrons. The molecule has 0 aromatic carbocycles. The second-order valence-electron chi connectivity index (χ2n) is 4.63. The largest absolute Gasteiger partial charge is 0.368 e. The fourth-order valence-corrected chi connectivity index (χ4v) is 2.16. The summed E-state index contributed by atoms with van der Waals surface area (Å²) >= 11 is 5.21. The van der Waals surface area contributed by atoms with Gasteiger partial charge in [-0.05, 0) is 24.1 Å². The van der Waals surface area contributed by atoms with E-state index in [1.807, 2.05) is 24.6 Å². The predicted molar refractivity (Wildman–Crippen MR) is 66.8 cm³/mol. The van der Waals surface area contributed by atoms with Crippen LogP contribution in [0.25, 0.3) is 0 Å². The summed E-state index contributed by atoms with van der Waals surface area (Å²) in [6, 6.07) is -0.379. The monoisotopic (exact) mass is 241 g/mol. The van der Waals surface area contributed by atoms with E-state index in [0.717, 1.165) is 5.69 Å². The van der Waals surface area contributed by atoms with E-state index < -0.39 is 0 Å². The summed E-state index contributed by atoms with van der Waals surface area (Å²) in [6.45, 7) is 8.06. The third-order valence-corrected chi connectivity index (χ3v) is 2.95. The highest BCUT2D eigenvalue weighted by atomic mass is 32.1. The molecule has 1 atom stereocenters. The van der Waals surface area contributed by atoms with Gasteiger partial charge < -0.3 is 15.3 Å². The molecule has 0 saturated carbocycles. The molecule has 0 aliphatic heterocycles. The second-order valence-corrected chi connectivity index (χ2v) is 5.02. The van der Waals surface area contributed by atoms with Crippen LogP contribution in [0.1, 0.15) is 45.3 Å². The summed E-state index contributed by atoms with van der Waals surface area (Å²) in [4.78, 5) is 14.5. The van der Waals surface area contributed by atoms with Gasteiger partial charge in [-0.15, -0.1) is 0 Å². The molecule has 0 aliphatic rings. The Morgan fingerprint density at radius 1 is 1.44 bits per heavy atom. The van der Waals surface area contributed by atoms with E-state index in [9.17, 15) is 4.79 Å². The molecule has 0 radical (unpaired) electrons. The number of H-pyrrole nitrogens is 1. The zero-order chi connectivity index (χ0) is 12.5. The van der Waals surface area contributed by atoms with Gasteiger partial charge in [0.1, 0.15) is 6.04 Å². The number of imidazole rings is 1. The van der Waals surface area contributed by atoms with Crippen molar-refractivity contribution in [2.45, 2.75) is 39.7 Å². The van der Waals surface area contributed by atoms with Gasteiger partial charge in [0.15, 0.2) is 4.77 Å². The Balaban J connectivity index is 3.34. The molecule has 0 saturated heterocycles. The third-order valence-electron chi connectivity index (χ3n) is 2.63. The molecule has 5 heteroatoms. The van der Waals surface area contributed by atoms with Gasteiger partial charge in [-0.3, -0.25) is 4.79 Å². The predicted octanol–water partition coefficient (Wildman–Crippen LogP) is 2.35. The second kappa shape index (κ2) is 4.82. The maximum absolute atomic E-state index is 11.5. The van der Waals surface area contributed by atoms with Crippen molar-refractivity contribution in [3.05, 3.63) is 16.7 Å². The normalized spacial score (nSPS) is 13.4. The number of carbonyl (C=O) groups excluding carboxylic acids is 1. The van der Waals surface area contributed by atoms with Crippen LogP contribution in [-0.2, 0) is 4.79 Å². The average Bonchev–Trinajstić information content (AvgIpc) is 2.47. The lowest BCUT2D eigenvalue weighted by Gasteiger charge is -2.22. The number of aromatic amines is 1. The molecular formula is C11H19N3OS. The quantitative estimate of drug-likeness (QED) is 0.795. The molecular weight excluding hydrogens is 222 g/mol. The molecule has 0 spiro atoms. The highest BCUT2D eigenvalue weighted by Gasteiger charge is 2.25. The van der Waals surface area contributed by atoms with Crippen molar-refractivity contribution in [1.29, 1.82) is 0 Å². The number of aromatic nitrogens is 2. The lowest BCUT2D eigenvalue weighted by Crippen LogP contribution is -2.31. The summed E-state index contributed by atoms with van der Waals surface area (Å²) in [5, 5.41) is 0. The van der Waals surface area contributed by atoms with E-state index in [1.165, 1.54) is 0 Å². The van der Waals surface area contributed by atoms with E-state index in [-0.39, 0.29) is 17.9 Å². The summed E-state index contributed by atoms with van der Waals surface area (Å²) in [5.41, 5.74) is 6.46. The van der Waals surface area contributed by atoms with Gasteiger partial charge in [0.25, 0.3) is 0 Å². The fraction of sp³-hybridized carbons (Fsp3) is 0.636. The first kappa shape index (κ1) is 13.0. The minimum absolute atomic E-state index is 0.123. The lowest BCUT2D eigenvalue weighted by atomic mass is 10.0. The Morgan fingerprint density at radius 2 is 2.00 bits per heavy atom. The van der Waals surface area contributed by atoms with Crippen LogP contribution in [0.5, 0.6) is 0 Å². The zero-order valence-electron chi connectivity index (χ0n) is 10.2. The first-order valence-electron chi connectivity index (χ1n) is 5.45. The summed E-state index contributed by atoms with van der Waals surface area (Å²) in [6.07, 6.45) is 1.85. The molecule has 0 aliphatic carbocycles. The fourth-order valence-electron chi connectivity index (χ4n) is 1.88. The van der Waals surface area contributed by atoms with Gasteiger partial charge >= 0.3 is 0 Å². The summed E-state index contributed by atoms with van der Waals surface area (Å²) in [7, 11) is 0. The molecule has 1 aromatic heterocycles. The van der Waals surface area contributed by atoms with E-state index in [2.05, 4.69) is 18.8 Å². The van der Waals surface area contributed by atoms with Gasteiger partial charge in [-0.2, -0.15) is 0 Å². The number of carbonyl (C=O) groups is 1. The Hall–Kier alpha value is -1.10.